The molecule has 2 aromatic heterocycles. The monoisotopic (exact) mass is 534 g/mol. The van der Waals surface area contributed by atoms with Gasteiger partial charge in [0.05, 0.1) is 20.8 Å². The van der Waals surface area contributed by atoms with Crippen LogP contribution in [0.5, 0.6) is 0 Å². The van der Waals surface area contributed by atoms with Crippen molar-refractivity contribution >= 4 is 66.2 Å². The molecule has 0 atom stereocenters. The van der Waals surface area contributed by atoms with E-state index >= 15 is 0 Å². The zero-order chi connectivity index (χ0) is 21.6. The van der Waals surface area contributed by atoms with Crippen LogP contribution in [0.2, 0.25) is 0 Å². The van der Waals surface area contributed by atoms with Gasteiger partial charge in [-0.1, -0.05) is 36.4 Å². The molecule has 1 amide bonds. The molecule has 0 aliphatic rings. The number of rotatable bonds is 4. The van der Waals surface area contributed by atoms with Crippen molar-refractivity contribution in [1.82, 2.24) is 13.3 Å². The van der Waals surface area contributed by atoms with Crippen molar-refractivity contribution in [3.63, 3.8) is 0 Å². The predicted molar refractivity (Wildman–Crippen MR) is 127 cm³/mol. The van der Waals surface area contributed by atoms with Crippen molar-refractivity contribution in [2.24, 2.45) is 0 Å². The summed E-state index contributed by atoms with van der Waals surface area (Å²) < 4.78 is 29.1. The number of anilines is 1. The van der Waals surface area contributed by atoms with Gasteiger partial charge in [0.1, 0.15) is 5.69 Å². The number of carbonyl (C=O) groups excluding carboxylic acids is 1. The normalized spacial score (nSPS) is 12.0. The second kappa shape index (κ2) is 7.64. The number of hydrogen-bond acceptors (Lipinski definition) is 4. The van der Waals surface area contributed by atoms with Gasteiger partial charge in [-0.15, -0.1) is 0 Å². The lowest BCUT2D eigenvalue weighted by molar-refractivity contribution is 0.0987. The maximum absolute atomic E-state index is 13.2. The largest absolute Gasteiger partial charge is 0.310 e. The summed E-state index contributed by atoms with van der Waals surface area (Å²) in [6, 6.07) is 16.6. The number of nitrogens with zero attached hydrogens (tertiary/aromatic N) is 4. The molecular formula is C21H19IN4O3S. The van der Waals surface area contributed by atoms with Gasteiger partial charge in [0.2, 0.25) is 0 Å². The van der Waals surface area contributed by atoms with Crippen molar-refractivity contribution in [3.05, 3.63) is 70.1 Å². The third-order valence-corrected chi connectivity index (χ3v) is 7.78. The fourth-order valence-corrected chi connectivity index (χ4v) is 5.43. The molecule has 0 saturated heterocycles. The van der Waals surface area contributed by atoms with Gasteiger partial charge in [-0.25, -0.2) is 8.96 Å². The minimum absolute atomic E-state index is 0.264. The van der Waals surface area contributed by atoms with Crippen molar-refractivity contribution < 1.29 is 13.2 Å². The molecule has 2 heterocycles. The number of halogens is 1. The summed E-state index contributed by atoms with van der Waals surface area (Å²) in [6.07, 6.45) is 1.46. The van der Waals surface area contributed by atoms with E-state index < -0.39 is 10.2 Å². The van der Waals surface area contributed by atoms with Crippen LogP contribution in [0.15, 0.2) is 60.8 Å². The van der Waals surface area contributed by atoms with Gasteiger partial charge in [0, 0.05) is 37.6 Å². The summed E-state index contributed by atoms with van der Waals surface area (Å²) >= 11 is 2.08. The van der Waals surface area contributed by atoms with Gasteiger partial charge in [0.25, 0.3) is 5.91 Å². The van der Waals surface area contributed by atoms with E-state index in [2.05, 4.69) is 27.6 Å². The number of hydrogen-bond donors (Lipinski definition) is 0. The number of amides is 1. The molecule has 0 spiro atoms. The quantitative estimate of drug-likeness (QED) is 0.374. The Bertz CT molecular complexity index is 1380. The molecule has 0 aliphatic heterocycles. The zero-order valence-corrected chi connectivity index (χ0v) is 19.5. The first kappa shape index (κ1) is 20.8. The first-order valence-corrected chi connectivity index (χ1v) is 11.6. The Morgan fingerprint density at radius 3 is 2.27 bits per heavy atom. The summed E-state index contributed by atoms with van der Waals surface area (Å²) in [5, 5.41) is 1.44. The third kappa shape index (κ3) is 3.17. The minimum Gasteiger partial charge on any atom is -0.310 e. The fourth-order valence-electron chi connectivity index (χ4n) is 3.37. The number of benzene rings is 2. The van der Waals surface area contributed by atoms with E-state index in [0.717, 1.165) is 15.4 Å². The number of pyridine rings is 1. The summed E-state index contributed by atoms with van der Waals surface area (Å²) in [6.45, 7) is 0. The van der Waals surface area contributed by atoms with Crippen LogP contribution in [0.1, 0.15) is 10.5 Å². The Kier molecular flexibility index (Phi) is 5.28. The van der Waals surface area contributed by atoms with E-state index in [1.807, 2.05) is 42.5 Å². The van der Waals surface area contributed by atoms with Crippen LogP contribution in [0.25, 0.3) is 21.8 Å². The lowest BCUT2D eigenvalue weighted by Gasteiger charge is -2.18. The van der Waals surface area contributed by atoms with Gasteiger partial charge >= 0.3 is 10.2 Å². The molecule has 0 saturated carbocycles. The molecular weight excluding hydrogens is 515 g/mol. The molecule has 2 aromatic carbocycles. The predicted octanol–water partition coefficient (Wildman–Crippen LogP) is 3.73. The summed E-state index contributed by atoms with van der Waals surface area (Å²) in [4.78, 5) is 19.1. The average Bonchev–Trinajstić information content (AvgIpc) is 3.09. The molecule has 0 aliphatic carbocycles. The fraction of sp³-hybridized carbons (Fsp3) is 0.143. The van der Waals surface area contributed by atoms with Crippen LogP contribution in [0.4, 0.5) is 5.69 Å². The maximum atomic E-state index is 13.2. The Balaban J connectivity index is 1.99. The lowest BCUT2D eigenvalue weighted by Crippen LogP contribution is -2.29. The topological polar surface area (TPSA) is 75.5 Å². The van der Waals surface area contributed by atoms with Crippen molar-refractivity contribution in [3.8, 4) is 0 Å². The maximum Gasteiger partial charge on any atom is 0.308 e. The SMILES string of the molecule is CN(C(=O)c1ncc2c(c1I)c1ccccc1n2S(=O)(=O)N(C)C)c1ccccc1. The van der Waals surface area contributed by atoms with Crippen molar-refractivity contribution in [1.29, 1.82) is 0 Å². The molecule has 7 nitrogen and oxygen atoms in total. The first-order chi connectivity index (χ1) is 14.2. The van der Waals surface area contributed by atoms with Crippen LogP contribution >= 0.6 is 22.6 Å². The van der Waals surface area contributed by atoms with Crippen LogP contribution in [-0.2, 0) is 10.2 Å². The molecule has 9 heteroatoms. The molecule has 0 fully saturated rings. The van der Waals surface area contributed by atoms with Crippen molar-refractivity contribution in [2.45, 2.75) is 0 Å². The van der Waals surface area contributed by atoms with Crippen LogP contribution in [0.3, 0.4) is 0 Å². The van der Waals surface area contributed by atoms with Gasteiger partial charge < -0.3 is 4.90 Å². The van der Waals surface area contributed by atoms with E-state index in [1.54, 1.807) is 19.2 Å². The second-order valence-electron chi connectivity index (χ2n) is 6.95. The summed E-state index contributed by atoms with van der Waals surface area (Å²) in [5.74, 6) is -0.264. The average molecular weight is 534 g/mol. The Morgan fingerprint density at radius 1 is 0.967 bits per heavy atom. The second-order valence-corrected chi connectivity index (χ2v) is 10.0. The highest BCUT2D eigenvalue weighted by Gasteiger charge is 2.27. The molecule has 30 heavy (non-hydrogen) atoms. The molecule has 4 aromatic rings. The number of para-hydroxylation sites is 2. The highest BCUT2D eigenvalue weighted by molar-refractivity contribution is 14.1. The van der Waals surface area contributed by atoms with Crippen molar-refractivity contribution in [2.75, 3.05) is 26.0 Å². The molecule has 0 N–H and O–H groups in total. The number of aromatic nitrogens is 2. The molecule has 4 rings (SSSR count). The van der Waals surface area contributed by atoms with Gasteiger partial charge in [-0.3, -0.25) is 4.79 Å². The van der Waals surface area contributed by atoms with Crippen LogP contribution in [0, 0.1) is 3.57 Å². The highest BCUT2D eigenvalue weighted by atomic mass is 127. The van der Waals surface area contributed by atoms with E-state index in [-0.39, 0.29) is 11.6 Å². The summed E-state index contributed by atoms with van der Waals surface area (Å²) in [7, 11) is 0.884. The Hall–Kier alpha value is -2.50. The standard InChI is InChI=1S/C21H19IN4O3S/c1-24(2)30(28,29)26-16-12-8-7-11-15(16)18-17(26)13-23-20(19(18)22)21(27)25(3)14-9-5-4-6-10-14/h4-13H,1-3H3. The number of carbonyl (C=O) groups is 1. The third-order valence-electron chi connectivity index (χ3n) is 4.95. The van der Waals surface area contributed by atoms with Crippen LogP contribution in [-0.4, -0.2) is 48.7 Å². The zero-order valence-electron chi connectivity index (χ0n) is 16.6. The molecule has 0 bridgehead atoms. The number of fused-ring (bicyclic) bond motifs is 3. The van der Waals surface area contributed by atoms with E-state index in [0.29, 0.717) is 20.0 Å². The molecule has 0 radical (unpaired) electrons. The smallest absolute Gasteiger partial charge is 0.308 e. The summed E-state index contributed by atoms with van der Waals surface area (Å²) in [5.41, 5.74) is 2.01. The van der Waals surface area contributed by atoms with E-state index in [4.69, 9.17) is 0 Å². The van der Waals surface area contributed by atoms with E-state index in [1.165, 1.54) is 29.2 Å². The Morgan fingerprint density at radius 2 is 1.60 bits per heavy atom. The lowest BCUT2D eigenvalue weighted by atomic mass is 10.1. The van der Waals surface area contributed by atoms with Gasteiger partial charge in [-0.2, -0.15) is 12.7 Å². The Labute approximate surface area is 188 Å². The minimum atomic E-state index is -3.78. The van der Waals surface area contributed by atoms with Crippen LogP contribution < -0.4 is 4.90 Å². The van der Waals surface area contributed by atoms with E-state index in [9.17, 15) is 13.2 Å². The molecule has 154 valence electrons. The first-order valence-electron chi connectivity index (χ1n) is 9.09. The van der Waals surface area contributed by atoms with Gasteiger partial charge in [0.15, 0.2) is 0 Å². The van der Waals surface area contributed by atoms with Gasteiger partial charge in [-0.05, 0) is 40.8 Å². The highest BCUT2D eigenvalue weighted by Crippen LogP contribution is 2.35. The molecule has 0 unspecified atom stereocenters.